The van der Waals surface area contributed by atoms with E-state index in [-0.39, 0.29) is 17.3 Å². The molecule has 2 rings (SSSR count). The molecule has 1 aliphatic heterocycles. The summed E-state index contributed by atoms with van der Waals surface area (Å²) in [7, 11) is 0. The van der Waals surface area contributed by atoms with Crippen LogP contribution in [0.4, 0.5) is 5.69 Å². The molecule has 1 heterocycles. The fraction of sp³-hybridized carbons (Fsp3) is 0.533. The Labute approximate surface area is 114 Å². The lowest BCUT2D eigenvalue weighted by atomic mass is 9.97. The molecule has 0 saturated carbocycles. The highest BCUT2D eigenvalue weighted by molar-refractivity contribution is 5.53. The van der Waals surface area contributed by atoms with E-state index in [1.54, 1.807) is 18.2 Å². The molecule has 19 heavy (non-hydrogen) atoms. The van der Waals surface area contributed by atoms with Gasteiger partial charge in [-0.1, -0.05) is 0 Å². The third-order valence-corrected chi connectivity index (χ3v) is 3.39. The average Bonchev–Trinajstić information content (AvgIpc) is 2.49. The third kappa shape index (κ3) is 2.82. The number of nitriles is 1. The number of hydrogen-bond acceptors (Lipinski definition) is 4. The van der Waals surface area contributed by atoms with E-state index in [2.05, 4.69) is 6.07 Å². The minimum absolute atomic E-state index is 0.0850. The van der Waals surface area contributed by atoms with Gasteiger partial charge in [-0.3, -0.25) is 0 Å². The second-order valence-corrected chi connectivity index (χ2v) is 6.14. The van der Waals surface area contributed by atoms with E-state index < -0.39 is 0 Å². The molecule has 4 heteroatoms. The summed E-state index contributed by atoms with van der Waals surface area (Å²) in [5.41, 5.74) is 6.11. The minimum Gasteiger partial charge on any atom is -0.486 e. The van der Waals surface area contributed by atoms with Crippen molar-refractivity contribution in [3.63, 3.8) is 0 Å². The molecule has 1 fully saturated rings. The molecule has 1 aromatic rings. The standard InChI is InChI=1S/C15H20N2O2/c1-14(2)8-13(15(3,4)19-14)18-12-6-5-11(17)7-10(12)9-16/h5-7,13H,8,17H2,1-4H3. The van der Waals surface area contributed by atoms with Gasteiger partial charge >= 0.3 is 0 Å². The zero-order valence-electron chi connectivity index (χ0n) is 11.9. The molecule has 1 saturated heterocycles. The lowest BCUT2D eigenvalue weighted by molar-refractivity contribution is -0.0846. The summed E-state index contributed by atoms with van der Waals surface area (Å²) in [6.45, 7) is 8.12. The van der Waals surface area contributed by atoms with Crippen LogP contribution in [0.25, 0.3) is 0 Å². The second kappa shape index (κ2) is 4.43. The van der Waals surface area contributed by atoms with Crippen LogP contribution in [0.15, 0.2) is 18.2 Å². The lowest BCUT2D eigenvalue weighted by Crippen LogP contribution is -2.36. The fourth-order valence-corrected chi connectivity index (χ4v) is 2.59. The van der Waals surface area contributed by atoms with Gasteiger partial charge in [-0.25, -0.2) is 0 Å². The molecule has 1 aromatic carbocycles. The molecule has 1 aliphatic rings. The van der Waals surface area contributed by atoms with Crippen molar-refractivity contribution >= 4 is 5.69 Å². The van der Waals surface area contributed by atoms with Crippen LogP contribution in [0, 0.1) is 11.3 Å². The van der Waals surface area contributed by atoms with Crippen LogP contribution in [0.5, 0.6) is 5.75 Å². The summed E-state index contributed by atoms with van der Waals surface area (Å²) < 4.78 is 12.0. The Bertz CT molecular complexity index is 529. The Hall–Kier alpha value is -1.73. The summed E-state index contributed by atoms with van der Waals surface area (Å²) in [5.74, 6) is 0.566. The first kappa shape index (κ1) is 13.7. The first-order valence-corrected chi connectivity index (χ1v) is 6.40. The largest absolute Gasteiger partial charge is 0.486 e. The molecule has 0 spiro atoms. The van der Waals surface area contributed by atoms with Crippen LogP contribution in [0.1, 0.15) is 39.7 Å². The van der Waals surface area contributed by atoms with Crippen LogP contribution in [-0.2, 0) is 4.74 Å². The molecule has 1 unspecified atom stereocenters. The maximum atomic E-state index is 9.13. The summed E-state index contributed by atoms with van der Waals surface area (Å²) in [6, 6.07) is 7.23. The van der Waals surface area contributed by atoms with Crippen molar-refractivity contribution in [2.45, 2.75) is 51.4 Å². The van der Waals surface area contributed by atoms with Gasteiger partial charge in [-0.05, 0) is 45.9 Å². The minimum atomic E-state index is -0.377. The van der Waals surface area contributed by atoms with Crippen LogP contribution < -0.4 is 10.5 Å². The third-order valence-electron chi connectivity index (χ3n) is 3.39. The number of hydrogen-bond donors (Lipinski definition) is 1. The molecule has 2 N–H and O–H groups in total. The summed E-state index contributed by atoms with van der Waals surface area (Å²) >= 11 is 0. The monoisotopic (exact) mass is 260 g/mol. The maximum absolute atomic E-state index is 9.13. The number of anilines is 1. The predicted octanol–water partition coefficient (Wildman–Crippen LogP) is 2.87. The Morgan fingerprint density at radius 1 is 1.37 bits per heavy atom. The molecule has 0 aliphatic carbocycles. The van der Waals surface area contributed by atoms with Gasteiger partial charge in [0, 0.05) is 12.1 Å². The van der Waals surface area contributed by atoms with Crippen LogP contribution >= 0.6 is 0 Å². The maximum Gasteiger partial charge on any atom is 0.137 e. The van der Waals surface area contributed by atoms with Crippen LogP contribution in [0.3, 0.4) is 0 Å². The highest BCUT2D eigenvalue weighted by Gasteiger charge is 2.47. The first-order valence-electron chi connectivity index (χ1n) is 6.40. The molecule has 4 nitrogen and oxygen atoms in total. The van der Waals surface area contributed by atoms with Gasteiger partial charge in [0.05, 0.1) is 11.2 Å². The fourth-order valence-electron chi connectivity index (χ4n) is 2.59. The highest BCUT2D eigenvalue weighted by atomic mass is 16.6. The zero-order chi connectivity index (χ0) is 14.3. The Morgan fingerprint density at radius 2 is 2.05 bits per heavy atom. The number of benzene rings is 1. The normalized spacial score (nSPS) is 23.8. The molecular formula is C15H20N2O2. The zero-order valence-corrected chi connectivity index (χ0v) is 11.9. The first-order chi connectivity index (χ1) is 8.73. The van der Waals surface area contributed by atoms with Gasteiger partial charge in [0.25, 0.3) is 0 Å². The molecule has 0 aromatic heterocycles. The summed E-state index contributed by atoms with van der Waals surface area (Å²) in [4.78, 5) is 0. The van der Waals surface area contributed by atoms with Crippen molar-refractivity contribution in [2.75, 3.05) is 5.73 Å². The number of ether oxygens (including phenoxy) is 2. The van der Waals surface area contributed by atoms with Gasteiger partial charge < -0.3 is 15.2 Å². The Morgan fingerprint density at radius 3 is 2.58 bits per heavy atom. The van der Waals surface area contributed by atoms with Crippen molar-refractivity contribution in [2.24, 2.45) is 0 Å². The van der Waals surface area contributed by atoms with E-state index in [9.17, 15) is 0 Å². The topological polar surface area (TPSA) is 68.3 Å². The number of rotatable bonds is 2. The van der Waals surface area contributed by atoms with E-state index in [0.717, 1.165) is 6.42 Å². The van der Waals surface area contributed by atoms with Crippen molar-refractivity contribution in [3.05, 3.63) is 23.8 Å². The van der Waals surface area contributed by atoms with Crippen molar-refractivity contribution < 1.29 is 9.47 Å². The van der Waals surface area contributed by atoms with E-state index in [0.29, 0.717) is 17.0 Å². The smallest absolute Gasteiger partial charge is 0.137 e. The van der Waals surface area contributed by atoms with Crippen molar-refractivity contribution in [1.82, 2.24) is 0 Å². The van der Waals surface area contributed by atoms with E-state index >= 15 is 0 Å². The van der Waals surface area contributed by atoms with Gasteiger partial charge in [-0.2, -0.15) is 5.26 Å². The molecular weight excluding hydrogens is 240 g/mol. The molecule has 1 atom stereocenters. The highest BCUT2D eigenvalue weighted by Crippen LogP contribution is 2.40. The predicted molar refractivity (Wildman–Crippen MR) is 73.8 cm³/mol. The van der Waals surface area contributed by atoms with Gasteiger partial charge in [-0.15, -0.1) is 0 Å². The van der Waals surface area contributed by atoms with Gasteiger partial charge in [0.2, 0.25) is 0 Å². The van der Waals surface area contributed by atoms with Crippen LogP contribution in [0.2, 0.25) is 0 Å². The molecule has 0 bridgehead atoms. The Balaban J connectivity index is 2.25. The van der Waals surface area contributed by atoms with Crippen molar-refractivity contribution in [3.8, 4) is 11.8 Å². The lowest BCUT2D eigenvalue weighted by Gasteiger charge is -2.27. The summed E-state index contributed by atoms with van der Waals surface area (Å²) in [5, 5.41) is 9.13. The molecule has 102 valence electrons. The number of nitrogen functional groups attached to an aromatic ring is 1. The summed E-state index contributed by atoms with van der Waals surface area (Å²) in [6.07, 6.45) is 0.702. The molecule has 0 amide bonds. The van der Waals surface area contributed by atoms with E-state index in [1.807, 2.05) is 27.7 Å². The Kier molecular flexibility index (Phi) is 3.19. The second-order valence-electron chi connectivity index (χ2n) is 6.14. The van der Waals surface area contributed by atoms with E-state index in [4.69, 9.17) is 20.5 Å². The van der Waals surface area contributed by atoms with Gasteiger partial charge in [0.1, 0.15) is 23.5 Å². The number of nitrogens with zero attached hydrogens (tertiary/aromatic N) is 1. The number of nitrogens with two attached hydrogens (primary N) is 1. The quantitative estimate of drug-likeness (QED) is 0.830. The average molecular weight is 260 g/mol. The van der Waals surface area contributed by atoms with Gasteiger partial charge in [0.15, 0.2) is 0 Å². The van der Waals surface area contributed by atoms with E-state index in [1.165, 1.54) is 0 Å². The SMILES string of the molecule is CC1(C)CC(Oc2ccc(N)cc2C#N)C(C)(C)O1. The molecule has 0 radical (unpaired) electrons. The van der Waals surface area contributed by atoms with Crippen LogP contribution in [-0.4, -0.2) is 17.3 Å². The van der Waals surface area contributed by atoms with Crippen molar-refractivity contribution in [1.29, 1.82) is 5.26 Å².